The van der Waals surface area contributed by atoms with Crippen LogP contribution in [0.4, 0.5) is 0 Å². The first-order valence-corrected chi connectivity index (χ1v) is 8.92. The highest BCUT2D eigenvalue weighted by Crippen LogP contribution is 2.23. The average molecular weight is 346 g/mol. The fourth-order valence-electron chi connectivity index (χ4n) is 2.92. The molecule has 25 heavy (non-hydrogen) atoms. The Labute approximate surface area is 147 Å². The van der Waals surface area contributed by atoms with E-state index in [1.165, 1.54) is 31.7 Å². The van der Waals surface area contributed by atoms with Crippen LogP contribution in [0.3, 0.4) is 0 Å². The van der Waals surface area contributed by atoms with Crippen LogP contribution in [-0.4, -0.2) is 27.5 Å². The summed E-state index contributed by atoms with van der Waals surface area (Å²) in [7, 11) is 0. The fourth-order valence-corrected chi connectivity index (χ4v) is 2.92. The van der Waals surface area contributed by atoms with Crippen molar-refractivity contribution in [3.05, 3.63) is 40.2 Å². The Morgan fingerprint density at radius 2 is 1.64 bits per heavy atom. The number of pyridine rings is 1. The Morgan fingerprint density at radius 3 is 2.32 bits per heavy atom. The quantitative estimate of drug-likeness (QED) is 0.479. The molecule has 0 saturated carbocycles. The molecule has 0 fully saturated rings. The van der Waals surface area contributed by atoms with Gasteiger partial charge in [0, 0.05) is 11.9 Å². The van der Waals surface area contributed by atoms with Crippen LogP contribution in [0.15, 0.2) is 29.1 Å². The van der Waals surface area contributed by atoms with Crippen molar-refractivity contribution in [1.82, 2.24) is 10.0 Å². The summed E-state index contributed by atoms with van der Waals surface area (Å²) in [6, 6.07) is 6.41. The third-order valence-electron chi connectivity index (χ3n) is 4.34. The number of aromatic nitrogens is 1. The number of fused-ring (bicyclic) bond motifs is 1. The maximum Gasteiger partial charge on any atom is 0.294 e. The predicted octanol–water partition coefficient (Wildman–Crippen LogP) is 3.42. The van der Waals surface area contributed by atoms with Gasteiger partial charge >= 0.3 is 0 Å². The summed E-state index contributed by atoms with van der Waals surface area (Å²) in [5.41, 5.74) is -0.836. The van der Waals surface area contributed by atoms with Crippen LogP contribution in [0.25, 0.3) is 10.8 Å². The lowest BCUT2D eigenvalue weighted by molar-refractivity contribution is 0.0937. The molecule has 0 radical (unpaired) electrons. The van der Waals surface area contributed by atoms with Crippen molar-refractivity contribution < 1.29 is 15.1 Å². The number of amides is 1. The third kappa shape index (κ3) is 4.53. The van der Waals surface area contributed by atoms with E-state index in [1.807, 2.05) is 0 Å². The second-order valence-electron chi connectivity index (χ2n) is 6.24. The normalized spacial score (nSPS) is 10.9. The maximum absolute atomic E-state index is 12.4. The van der Waals surface area contributed by atoms with Crippen molar-refractivity contribution in [2.75, 3.05) is 6.54 Å². The number of carbonyl (C=O) groups is 1. The van der Waals surface area contributed by atoms with Gasteiger partial charge in [-0.05, 0) is 12.5 Å². The maximum atomic E-state index is 12.4. The zero-order valence-electron chi connectivity index (χ0n) is 14.6. The average Bonchev–Trinajstić information content (AvgIpc) is 2.62. The van der Waals surface area contributed by atoms with E-state index < -0.39 is 17.3 Å². The smallest absolute Gasteiger partial charge is 0.294 e. The number of rotatable bonds is 9. The first-order valence-electron chi connectivity index (χ1n) is 8.92. The molecule has 2 aromatic rings. The minimum absolute atomic E-state index is 0.0827. The molecule has 6 heteroatoms. The van der Waals surface area contributed by atoms with Gasteiger partial charge in [0.15, 0.2) is 0 Å². The van der Waals surface area contributed by atoms with Crippen molar-refractivity contribution in [1.29, 1.82) is 0 Å². The highest BCUT2D eigenvalue weighted by atomic mass is 16.5. The van der Waals surface area contributed by atoms with E-state index in [2.05, 4.69) is 12.2 Å². The molecule has 0 spiro atoms. The van der Waals surface area contributed by atoms with Gasteiger partial charge in [-0.1, -0.05) is 63.6 Å². The first kappa shape index (κ1) is 18.8. The zero-order valence-corrected chi connectivity index (χ0v) is 14.6. The Morgan fingerprint density at radius 1 is 1.04 bits per heavy atom. The summed E-state index contributed by atoms with van der Waals surface area (Å²) in [5.74, 6) is -1.23. The molecule has 0 bridgehead atoms. The molecule has 3 N–H and O–H groups in total. The van der Waals surface area contributed by atoms with Crippen LogP contribution in [0, 0.1) is 0 Å². The monoisotopic (exact) mass is 346 g/mol. The third-order valence-corrected chi connectivity index (χ3v) is 4.34. The SMILES string of the molecule is CCCCCCCCCNC(=O)c1c(O)n(O)c(=O)c2ccccc12. The number of carbonyl (C=O) groups excluding carboxylic acids is 1. The molecule has 0 saturated heterocycles. The van der Waals surface area contributed by atoms with E-state index in [0.29, 0.717) is 11.9 Å². The van der Waals surface area contributed by atoms with Crippen molar-refractivity contribution in [3.8, 4) is 5.88 Å². The molecule has 2 rings (SSSR count). The summed E-state index contributed by atoms with van der Waals surface area (Å²) < 4.78 is 0.116. The second kappa shape index (κ2) is 9.11. The minimum Gasteiger partial charge on any atom is -0.492 e. The van der Waals surface area contributed by atoms with Gasteiger partial charge < -0.3 is 15.6 Å². The van der Waals surface area contributed by atoms with Gasteiger partial charge in [-0.2, -0.15) is 0 Å². The van der Waals surface area contributed by atoms with Crippen LogP contribution in [0.5, 0.6) is 5.88 Å². The first-order chi connectivity index (χ1) is 12.1. The number of hydrogen-bond donors (Lipinski definition) is 3. The van der Waals surface area contributed by atoms with E-state index in [1.54, 1.807) is 18.2 Å². The number of hydrogen-bond acceptors (Lipinski definition) is 4. The van der Waals surface area contributed by atoms with E-state index in [9.17, 15) is 19.9 Å². The molecule has 0 atom stereocenters. The molecular weight excluding hydrogens is 320 g/mol. The van der Waals surface area contributed by atoms with Gasteiger partial charge in [0.2, 0.25) is 5.88 Å². The van der Waals surface area contributed by atoms with Gasteiger partial charge in [0.1, 0.15) is 5.56 Å². The lowest BCUT2D eigenvalue weighted by Crippen LogP contribution is -2.28. The van der Waals surface area contributed by atoms with Gasteiger partial charge in [0.25, 0.3) is 11.5 Å². The van der Waals surface area contributed by atoms with Gasteiger partial charge in [-0.25, -0.2) is 0 Å². The Balaban J connectivity index is 1.99. The summed E-state index contributed by atoms with van der Waals surface area (Å²) in [5, 5.41) is 23.0. The van der Waals surface area contributed by atoms with E-state index >= 15 is 0 Å². The van der Waals surface area contributed by atoms with E-state index in [-0.39, 0.29) is 15.7 Å². The fraction of sp³-hybridized carbons (Fsp3) is 0.474. The summed E-state index contributed by atoms with van der Waals surface area (Å²) in [4.78, 5) is 24.4. The predicted molar refractivity (Wildman–Crippen MR) is 97.4 cm³/mol. The Bertz CT molecular complexity index is 783. The van der Waals surface area contributed by atoms with Crippen molar-refractivity contribution in [2.45, 2.75) is 51.9 Å². The number of nitrogens with one attached hydrogen (secondary N) is 1. The number of unbranched alkanes of at least 4 members (excludes halogenated alkanes) is 6. The van der Waals surface area contributed by atoms with Crippen LogP contribution in [0.2, 0.25) is 0 Å². The van der Waals surface area contributed by atoms with Gasteiger partial charge in [0.05, 0.1) is 5.39 Å². The summed E-state index contributed by atoms with van der Waals surface area (Å²) in [6.45, 7) is 2.68. The molecule has 0 unspecified atom stereocenters. The van der Waals surface area contributed by atoms with Crippen molar-refractivity contribution in [2.24, 2.45) is 0 Å². The second-order valence-corrected chi connectivity index (χ2v) is 6.24. The highest BCUT2D eigenvalue weighted by molar-refractivity contribution is 6.08. The molecule has 0 aliphatic rings. The molecule has 1 amide bonds. The van der Waals surface area contributed by atoms with Crippen LogP contribution in [0.1, 0.15) is 62.2 Å². The standard InChI is InChI=1S/C19H26N2O4/c1-2-3-4-5-6-7-10-13-20-17(22)16-14-11-8-9-12-15(14)18(23)21(25)19(16)24/h8-9,11-12,24-25H,2-7,10,13H2,1H3,(H,20,22). The van der Waals surface area contributed by atoms with Crippen LogP contribution < -0.4 is 10.9 Å². The molecular formula is C19H26N2O4. The van der Waals surface area contributed by atoms with Crippen LogP contribution in [-0.2, 0) is 0 Å². The van der Waals surface area contributed by atoms with Gasteiger partial charge in [-0.3, -0.25) is 9.59 Å². The minimum atomic E-state index is -0.753. The summed E-state index contributed by atoms with van der Waals surface area (Å²) >= 11 is 0. The molecule has 136 valence electrons. The number of aromatic hydroxyl groups is 1. The lowest BCUT2D eigenvalue weighted by Gasteiger charge is -2.11. The number of benzene rings is 1. The molecule has 1 heterocycles. The molecule has 0 aliphatic heterocycles. The van der Waals surface area contributed by atoms with Crippen molar-refractivity contribution >= 4 is 16.7 Å². The van der Waals surface area contributed by atoms with E-state index in [4.69, 9.17) is 0 Å². The summed E-state index contributed by atoms with van der Waals surface area (Å²) in [6.07, 6.45) is 7.99. The topological polar surface area (TPSA) is 91.6 Å². The largest absolute Gasteiger partial charge is 0.492 e. The van der Waals surface area contributed by atoms with Gasteiger partial charge in [-0.15, -0.1) is 4.73 Å². The highest BCUT2D eigenvalue weighted by Gasteiger charge is 2.21. The van der Waals surface area contributed by atoms with Crippen LogP contribution >= 0.6 is 0 Å². The molecule has 6 nitrogen and oxygen atoms in total. The Hall–Kier alpha value is -2.50. The Kier molecular flexibility index (Phi) is 6.86. The molecule has 0 aliphatic carbocycles. The lowest BCUT2D eigenvalue weighted by atomic mass is 10.1. The molecule has 1 aromatic carbocycles. The van der Waals surface area contributed by atoms with E-state index in [0.717, 1.165) is 19.3 Å². The molecule has 1 aromatic heterocycles. The number of nitrogens with zero attached hydrogens (tertiary/aromatic N) is 1. The van der Waals surface area contributed by atoms with Crippen molar-refractivity contribution in [3.63, 3.8) is 0 Å². The zero-order chi connectivity index (χ0) is 18.2.